The van der Waals surface area contributed by atoms with Crippen LogP contribution in [0.15, 0.2) is 42.6 Å². The van der Waals surface area contributed by atoms with E-state index in [1.54, 1.807) is 37.4 Å². The molecule has 9 nitrogen and oxygen atoms in total. The third-order valence-electron chi connectivity index (χ3n) is 4.54. The SMILES string of the molecule is COc1ccc(CN(c2ccnc(C(CO)OC(N)=O)c2)S(=O)(=O)C2CC2)cc1. The van der Waals surface area contributed by atoms with Gasteiger partial charge in [-0.2, -0.15) is 0 Å². The van der Waals surface area contributed by atoms with Gasteiger partial charge in [-0.1, -0.05) is 12.1 Å². The van der Waals surface area contributed by atoms with Crippen molar-refractivity contribution in [3.63, 3.8) is 0 Å². The summed E-state index contributed by atoms with van der Waals surface area (Å²) in [6.07, 6.45) is 0.490. The van der Waals surface area contributed by atoms with Crippen LogP contribution >= 0.6 is 0 Å². The zero-order valence-electron chi connectivity index (χ0n) is 15.9. The van der Waals surface area contributed by atoms with Crippen molar-refractivity contribution in [2.24, 2.45) is 5.73 Å². The Morgan fingerprint density at radius 2 is 2.00 bits per heavy atom. The molecule has 1 amide bonds. The van der Waals surface area contributed by atoms with E-state index < -0.39 is 34.1 Å². The molecule has 10 heteroatoms. The molecule has 0 radical (unpaired) electrons. The number of primary amides is 1. The first kappa shape index (κ1) is 20.9. The fourth-order valence-electron chi connectivity index (χ4n) is 2.87. The molecule has 1 unspecified atom stereocenters. The number of carbonyl (C=O) groups excluding carboxylic acids is 1. The second-order valence-corrected chi connectivity index (χ2v) is 8.78. The van der Waals surface area contributed by atoms with E-state index in [1.165, 1.54) is 16.6 Å². The highest BCUT2D eigenvalue weighted by Crippen LogP contribution is 2.35. The highest BCUT2D eigenvalue weighted by Gasteiger charge is 2.40. The normalized spacial score (nSPS) is 14.8. The van der Waals surface area contributed by atoms with E-state index in [0.717, 1.165) is 5.56 Å². The van der Waals surface area contributed by atoms with Crippen molar-refractivity contribution in [2.75, 3.05) is 18.0 Å². The van der Waals surface area contributed by atoms with Crippen LogP contribution in [-0.2, 0) is 21.3 Å². The number of aliphatic hydroxyl groups is 1. The lowest BCUT2D eigenvalue weighted by Gasteiger charge is -2.25. The maximum Gasteiger partial charge on any atom is 0.405 e. The number of aromatic nitrogens is 1. The van der Waals surface area contributed by atoms with Gasteiger partial charge in [-0.15, -0.1) is 0 Å². The van der Waals surface area contributed by atoms with Crippen LogP contribution in [0.5, 0.6) is 5.75 Å². The molecule has 0 aliphatic heterocycles. The van der Waals surface area contributed by atoms with Crippen molar-refractivity contribution < 1.29 is 27.8 Å². The van der Waals surface area contributed by atoms with Gasteiger partial charge < -0.3 is 20.3 Å². The summed E-state index contributed by atoms with van der Waals surface area (Å²) in [5, 5.41) is 9.06. The number of carbonyl (C=O) groups is 1. The molecule has 0 bridgehead atoms. The number of anilines is 1. The molecule has 156 valence electrons. The average molecular weight is 421 g/mol. The van der Waals surface area contributed by atoms with Gasteiger partial charge in [0.2, 0.25) is 10.0 Å². The van der Waals surface area contributed by atoms with Crippen LogP contribution in [0, 0.1) is 0 Å². The van der Waals surface area contributed by atoms with E-state index in [0.29, 0.717) is 24.3 Å². The third-order valence-corrected chi connectivity index (χ3v) is 6.81. The van der Waals surface area contributed by atoms with Gasteiger partial charge >= 0.3 is 6.09 Å². The molecule has 3 rings (SSSR count). The van der Waals surface area contributed by atoms with Crippen LogP contribution in [0.1, 0.15) is 30.2 Å². The second-order valence-electron chi connectivity index (χ2n) is 6.65. The lowest BCUT2D eigenvalue weighted by atomic mass is 10.2. The number of methoxy groups -OCH3 is 1. The minimum atomic E-state index is -3.59. The maximum absolute atomic E-state index is 13.1. The summed E-state index contributed by atoms with van der Waals surface area (Å²) in [5.41, 5.74) is 6.38. The molecule has 1 heterocycles. The van der Waals surface area contributed by atoms with E-state index >= 15 is 0 Å². The summed E-state index contributed by atoms with van der Waals surface area (Å²) in [6.45, 7) is -0.417. The molecule has 2 aromatic rings. The first-order valence-corrected chi connectivity index (χ1v) is 10.5. The Bertz CT molecular complexity index is 960. The van der Waals surface area contributed by atoms with Crippen molar-refractivity contribution in [1.82, 2.24) is 4.98 Å². The summed E-state index contributed by atoms with van der Waals surface area (Å²) in [4.78, 5) is 15.1. The first-order valence-electron chi connectivity index (χ1n) is 9.02. The van der Waals surface area contributed by atoms with Gasteiger partial charge in [-0.05, 0) is 42.7 Å². The summed E-state index contributed by atoms with van der Waals surface area (Å²) in [7, 11) is -2.03. The molecule has 1 atom stereocenters. The lowest BCUT2D eigenvalue weighted by Crippen LogP contribution is -2.33. The third kappa shape index (κ3) is 4.96. The van der Waals surface area contributed by atoms with Crippen molar-refractivity contribution in [3.8, 4) is 5.75 Å². The van der Waals surface area contributed by atoms with Gasteiger partial charge in [-0.3, -0.25) is 9.29 Å². The number of ether oxygens (including phenoxy) is 2. The van der Waals surface area contributed by atoms with Gasteiger partial charge in [0, 0.05) is 6.20 Å². The lowest BCUT2D eigenvalue weighted by molar-refractivity contribution is 0.0608. The van der Waals surface area contributed by atoms with Crippen LogP contribution in [0.4, 0.5) is 10.5 Å². The van der Waals surface area contributed by atoms with Gasteiger partial charge in [0.15, 0.2) is 6.10 Å². The molecule has 3 N–H and O–H groups in total. The molecular weight excluding hydrogens is 398 g/mol. The Labute approximate surface area is 169 Å². The van der Waals surface area contributed by atoms with Crippen LogP contribution in [0.25, 0.3) is 0 Å². The smallest absolute Gasteiger partial charge is 0.405 e. The highest BCUT2D eigenvalue weighted by molar-refractivity contribution is 7.93. The number of aliphatic hydroxyl groups excluding tert-OH is 1. The molecule has 1 saturated carbocycles. The molecule has 1 fully saturated rings. The monoisotopic (exact) mass is 421 g/mol. The molecule has 1 aromatic heterocycles. The maximum atomic E-state index is 13.1. The fourth-order valence-corrected chi connectivity index (χ4v) is 4.70. The summed E-state index contributed by atoms with van der Waals surface area (Å²) in [5.74, 6) is 0.672. The van der Waals surface area contributed by atoms with E-state index in [2.05, 4.69) is 4.98 Å². The second kappa shape index (κ2) is 8.66. The van der Waals surface area contributed by atoms with Gasteiger partial charge in [-0.25, -0.2) is 13.2 Å². The van der Waals surface area contributed by atoms with Crippen molar-refractivity contribution in [3.05, 3.63) is 53.9 Å². The largest absolute Gasteiger partial charge is 0.497 e. The molecule has 1 aliphatic carbocycles. The molecule has 1 aliphatic rings. The zero-order chi connectivity index (χ0) is 21.0. The Hall–Kier alpha value is -2.85. The molecule has 29 heavy (non-hydrogen) atoms. The molecule has 0 saturated heterocycles. The average Bonchev–Trinajstić information content (AvgIpc) is 3.56. The number of benzene rings is 1. The van der Waals surface area contributed by atoms with Gasteiger partial charge in [0.25, 0.3) is 0 Å². The zero-order valence-corrected chi connectivity index (χ0v) is 16.7. The van der Waals surface area contributed by atoms with E-state index in [9.17, 15) is 18.3 Å². The number of nitrogens with zero attached hydrogens (tertiary/aromatic N) is 2. The summed E-state index contributed by atoms with van der Waals surface area (Å²) >= 11 is 0. The first-order chi connectivity index (χ1) is 13.8. The minimum absolute atomic E-state index is 0.118. The Morgan fingerprint density at radius 3 is 2.55 bits per heavy atom. The Kier molecular flexibility index (Phi) is 6.23. The highest BCUT2D eigenvalue weighted by atomic mass is 32.2. The predicted molar refractivity (Wildman–Crippen MR) is 106 cm³/mol. The van der Waals surface area contributed by atoms with Gasteiger partial charge in [0.05, 0.1) is 36.9 Å². The van der Waals surface area contributed by atoms with Crippen molar-refractivity contribution in [2.45, 2.75) is 30.7 Å². The van der Waals surface area contributed by atoms with Crippen LogP contribution in [-0.4, -0.2) is 43.6 Å². The molecule has 1 aromatic carbocycles. The molecular formula is C19H23N3O6S. The molecule has 0 spiro atoms. The topological polar surface area (TPSA) is 132 Å². The standard InChI is InChI=1S/C19H23N3O6S/c1-27-15-4-2-13(3-5-15)11-22(29(25,26)16-6-7-16)14-8-9-21-17(10-14)18(12-23)28-19(20)24/h2-5,8-10,16,18,23H,6-7,11-12H2,1H3,(H2,20,24). The van der Waals surface area contributed by atoms with E-state index in [4.69, 9.17) is 15.2 Å². The fraction of sp³-hybridized carbons (Fsp3) is 0.368. The van der Waals surface area contributed by atoms with Crippen molar-refractivity contribution in [1.29, 1.82) is 0 Å². The number of pyridine rings is 1. The van der Waals surface area contributed by atoms with Crippen LogP contribution < -0.4 is 14.8 Å². The predicted octanol–water partition coefficient (Wildman–Crippen LogP) is 1.72. The summed E-state index contributed by atoms with van der Waals surface area (Å²) in [6, 6.07) is 10.2. The number of rotatable bonds is 9. The summed E-state index contributed by atoms with van der Waals surface area (Å²) < 4.78 is 37.5. The number of hydrogen-bond acceptors (Lipinski definition) is 7. The number of hydrogen-bond donors (Lipinski definition) is 2. The van der Waals surface area contributed by atoms with Gasteiger partial charge in [0.1, 0.15) is 5.75 Å². The minimum Gasteiger partial charge on any atom is -0.497 e. The van der Waals surface area contributed by atoms with Crippen molar-refractivity contribution >= 4 is 21.8 Å². The van der Waals surface area contributed by atoms with E-state index in [-0.39, 0.29) is 12.2 Å². The van der Waals surface area contributed by atoms with Crippen LogP contribution in [0.3, 0.4) is 0 Å². The number of sulfonamides is 1. The Balaban J connectivity index is 1.95. The number of nitrogens with two attached hydrogens (primary N) is 1. The Morgan fingerprint density at radius 1 is 1.31 bits per heavy atom. The van der Waals surface area contributed by atoms with Crippen LogP contribution in [0.2, 0.25) is 0 Å². The quantitative estimate of drug-likeness (QED) is 0.630. The number of amides is 1. The van der Waals surface area contributed by atoms with E-state index in [1.807, 2.05) is 0 Å².